The number of hydrogen-bond donors (Lipinski definition) is 0. The molecule has 0 atom stereocenters. The second-order valence-electron chi connectivity index (χ2n) is 1.97. The summed E-state index contributed by atoms with van der Waals surface area (Å²) in [5, 5.41) is 0. The highest BCUT2D eigenvalue weighted by Gasteiger charge is 2.28. The lowest BCUT2D eigenvalue weighted by Crippen LogP contribution is -2.34. The molecule has 1 aliphatic rings. The Morgan fingerprint density at radius 2 is 2.14 bits per heavy atom. The van der Waals surface area contributed by atoms with Gasteiger partial charge in [-0.15, -0.1) is 0 Å². The molecule has 0 nitrogen and oxygen atoms in total. The Morgan fingerprint density at radius 3 is 2.29 bits per heavy atom. The Morgan fingerprint density at radius 1 is 1.57 bits per heavy atom. The van der Waals surface area contributed by atoms with E-state index >= 15 is 0 Å². The van der Waals surface area contributed by atoms with Gasteiger partial charge in [0.05, 0.1) is 0 Å². The molecule has 1 heterocycles. The molecule has 0 spiro atoms. The molecule has 1 saturated heterocycles. The van der Waals surface area contributed by atoms with Gasteiger partial charge in [-0.2, -0.15) is 11.1 Å². The van der Waals surface area contributed by atoms with Crippen LogP contribution in [-0.4, -0.2) is 16.9 Å². The molecular weight excluding hydrogens is 140 g/mol. The van der Waals surface area contributed by atoms with E-state index in [1.807, 2.05) is 0 Å². The third kappa shape index (κ3) is 1.30. The molecule has 0 aromatic carbocycles. The van der Waals surface area contributed by atoms with Crippen LogP contribution in [0.3, 0.4) is 0 Å². The standard InChI is InChI=1S/C4H9ClSi2/c1-2-6-3-7(5)4-6/h2-4H2,1H3. The molecule has 0 aliphatic carbocycles. The van der Waals surface area contributed by atoms with Gasteiger partial charge in [0.25, 0.3) is 0 Å². The van der Waals surface area contributed by atoms with E-state index in [4.69, 9.17) is 11.1 Å². The zero-order valence-electron chi connectivity index (χ0n) is 4.50. The molecule has 1 rings (SSSR count). The average Bonchev–Trinajstić information content (AvgIpc) is 1.58. The van der Waals surface area contributed by atoms with Gasteiger partial charge in [-0.3, -0.25) is 0 Å². The molecule has 7 heavy (non-hydrogen) atoms. The molecule has 0 aromatic rings. The van der Waals surface area contributed by atoms with Crippen molar-refractivity contribution in [2.45, 2.75) is 24.3 Å². The molecule has 3 heteroatoms. The normalized spacial score (nSPS) is 24.9. The van der Waals surface area contributed by atoms with Gasteiger partial charge < -0.3 is 0 Å². The van der Waals surface area contributed by atoms with Gasteiger partial charge in [0.15, 0.2) is 8.11 Å². The number of hydrogen-bond acceptors (Lipinski definition) is 0. The SMILES string of the molecule is CC[Si]1C[Si](Cl)C1. The summed E-state index contributed by atoms with van der Waals surface area (Å²) in [5.41, 5.74) is 2.93. The molecule has 2 radical (unpaired) electrons. The number of halogens is 1. The van der Waals surface area contributed by atoms with Gasteiger partial charge in [0.1, 0.15) is 0 Å². The van der Waals surface area contributed by atoms with E-state index in [2.05, 4.69) is 6.92 Å². The van der Waals surface area contributed by atoms with Crippen LogP contribution in [0, 0.1) is 0 Å². The predicted octanol–water partition coefficient (Wildman–Crippen LogP) is 1.82. The van der Waals surface area contributed by atoms with Crippen molar-refractivity contribution in [2.24, 2.45) is 0 Å². The van der Waals surface area contributed by atoms with Crippen LogP contribution in [0.25, 0.3) is 0 Å². The van der Waals surface area contributed by atoms with Crippen LogP contribution < -0.4 is 0 Å². The Labute approximate surface area is 52.8 Å². The lowest BCUT2D eigenvalue weighted by atomic mass is 11.0. The van der Waals surface area contributed by atoms with E-state index in [0.29, 0.717) is 0 Å². The molecular formula is C4H9ClSi2. The maximum Gasteiger partial charge on any atom is 0.159 e. The van der Waals surface area contributed by atoms with Gasteiger partial charge >= 0.3 is 0 Å². The van der Waals surface area contributed by atoms with Crippen molar-refractivity contribution in [3.05, 3.63) is 0 Å². The third-order valence-electron chi connectivity index (χ3n) is 1.38. The zero-order chi connectivity index (χ0) is 5.28. The van der Waals surface area contributed by atoms with Gasteiger partial charge in [-0.25, -0.2) is 0 Å². The van der Waals surface area contributed by atoms with Gasteiger partial charge in [0.2, 0.25) is 0 Å². The lowest BCUT2D eigenvalue weighted by Gasteiger charge is -2.25. The molecule has 1 aliphatic heterocycles. The molecule has 1 fully saturated rings. The highest BCUT2D eigenvalue weighted by Crippen LogP contribution is 2.24. The summed E-state index contributed by atoms with van der Waals surface area (Å²) >= 11 is 5.85. The minimum Gasteiger partial charge on any atom is -0.170 e. The largest absolute Gasteiger partial charge is 0.170 e. The average molecular weight is 149 g/mol. The second kappa shape index (κ2) is 2.33. The van der Waals surface area contributed by atoms with E-state index in [9.17, 15) is 0 Å². The van der Waals surface area contributed by atoms with E-state index in [0.717, 1.165) is 0 Å². The molecule has 0 saturated carbocycles. The van der Waals surface area contributed by atoms with Crippen LogP contribution in [0.2, 0.25) is 17.4 Å². The Bertz CT molecular complexity index is 60.7. The van der Waals surface area contributed by atoms with Crippen molar-refractivity contribution in [1.82, 2.24) is 0 Å². The summed E-state index contributed by atoms with van der Waals surface area (Å²) in [4.78, 5) is 0. The smallest absolute Gasteiger partial charge is 0.159 e. The lowest BCUT2D eigenvalue weighted by molar-refractivity contribution is 1.35. The van der Waals surface area contributed by atoms with Crippen molar-refractivity contribution in [1.29, 1.82) is 0 Å². The van der Waals surface area contributed by atoms with Gasteiger partial charge in [-0.1, -0.05) is 24.3 Å². The summed E-state index contributed by atoms with van der Waals surface area (Å²) in [7, 11) is -0.0593. The number of rotatable bonds is 1. The summed E-state index contributed by atoms with van der Waals surface area (Å²) in [6, 6.07) is 1.45. The van der Waals surface area contributed by atoms with Crippen LogP contribution in [0.4, 0.5) is 0 Å². The second-order valence-corrected chi connectivity index (χ2v) is 9.65. The first kappa shape index (κ1) is 5.85. The molecule has 0 amide bonds. The van der Waals surface area contributed by atoms with Crippen LogP contribution in [0.15, 0.2) is 0 Å². The van der Waals surface area contributed by atoms with Crippen molar-refractivity contribution in [2.75, 3.05) is 0 Å². The van der Waals surface area contributed by atoms with E-state index in [1.54, 1.807) is 0 Å². The molecule has 0 N–H and O–H groups in total. The molecule has 40 valence electrons. The molecule has 0 unspecified atom stereocenters. The highest BCUT2D eigenvalue weighted by atomic mass is 35.6. The fourth-order valence-electron chi connectivity index (χ4n) is 0.741. The highest BCUT2D eigenvalue weighted by molar-refractivity contribution is 7.20. The van der Waals surface area contributed by atoms with Crippen LogP contribution in [-0.2, 0) is 0 Å². The van der Waals surface area contributed by atoms with Gasteiger partial charge in [-0.05, 0) is 0 Å². The summed E-state index contributed by atoms with van der Waals surface area (Å²) in [6.07, 6.45) is 0. The van der Waals surface area contributed by atoms with Crippen molar-refractivity contribution < 1.29 is 0 Å². The first-order valence-corrected chi connectivity index (χ1v) is 7.71. The maximum absolute atomic E-state index is 5.85. The first-order valence-electron chi connectivity index (χ1n) is 2.66. The quantitative estimate of drug-likeness (QED) is 0.393. The fraction of sp³-hybridized carbons (Fsp3) is 1.00. The van der Waals surface area contributed by atoms with Crippen molar-refractivity contribution in [3.8, 4) is 0 Å². The summed E-state index contributed by atoms with van der Waals surface area (Å²) in [6.45, 7) is 2.29. The third-order valence-corrected chi connectivity index (χ3v) is 11.9. The monoisotopic (exact) mass is 148 g/mol. The zero-order valence-corrected chi connectivity index (χ0v) is 7.26. The van der Waals surface area contributed by atoms with E-state index in [1.165, 1.54) is 17.4 Å². The first-order chi connectivity index (χ1) is 3.33. The molecule has 0 aromatic heterocycles. The van der Waals surface area contributed by atoms with Crippen molar-refractivity contribution in [3.63, 3.8) is 0 Å². The minimum absolute atomic E-state index is 0.177. The Balaban J connectivity index is 2.06. The molecule has 0 bridgehead atoms. The fourth-order valence-corrected chi connectivity index (χ4v) is 10.1. The van der Waals surface area contributed by atoms with Crippen molar-refractivity contribution >= 4 is 28.0 Å². The van der Waals surface area contributed by atoms with E-state index < -0.39 is 0 Å². The minimum atomic E-state index is -0.236. The topological polar surface area (TPSA) is 0 Å². The predicted molar refractivity (Wildman–Crippen MR) is 37.5 cm³/mol. The van der Waals surface area contributed by atoms with Crippen LogP contribution in [0.1, 0.15) is 6.92 Å². The van der Waals surface area contributed by atoms with Crippen LogP contribution >= 0.6 is 11.1 Å². The summed E-state index contributed by atoms with van der Waals surface area (Å²) < 4.78 is 0. The summed E-state index contributed by atoms with van der Waals surface area (Å²) in [5.74, 6) is 0. The maximum atomic E-state index is 5.85. The Hall–Kier alpha value is 0.724. The van der Waals surface area contributed by atoms with E-state index in [-0.39, 0.29) is 16.9 Å². The Kier molecular flexibility index (Phi) is 1.95. The van der Waals surface area contributed by atoms with Crippen LogP contribution in [0.5, 0.6) is 0 Å². The van der Waals surface area contributed by atoms with Gasteiger partial charge in [0, 0.05) is 8.80 Å².